The van der Waals surface area contributed by atoms with E-state index >= 15 is 0 Å². The van der Waals surface area contributed by atoms with E-state index in [-0.39, 0.29) is 23.1 Å². The third-order valence-corrected chi connectivity index (χ3v) is 4.35. The van der Waals surface area contributed by atoms with Gasteiger partial charge in [-0.25, -0.2) is 19.2 Å². The lowest BCUT2D eigenvalue weighted by molar-refractivity contribution is 0.0684. The Morgan fingerprint density at radius 3 is 2.19 bits per heavy atom. The van der Waals surface area contributed by atoms with Crippen LogP contribution in [0, 0.1) is 5.82 Å². The summed E-state index contributed by atoms with van der Waals surface area (Å²) in [6.45, 7) is 2.93. The molecule has 0 aliphatic carbocycles. The molecular formula is C18H17FN4O4. The number of anilines is 1. The lowest BCUT2D eigenvalue weighted by Gasteiger charge is -2.36. The molecule has 1 aliphatic rings. The number of hydrogen-bond acceptors (Lipinski definition) is 6. The summed E-state index contributed by atoms with van der Waals surface area (Å²) in [5, 5.41) is 8.82. The average Bonchev–Trinajstić information content (AvgIpc) is 2.67. The molecule has 2 aromatic rings. The van der Waals surface area contributed by atoms with Gasteiger partial charge in [-0.1, -0.05) is 0 Å². The molecule has 1 aromatic heterocycles. The molecule has 1 aliphatic heterocycles. The molecular weight excluding hydrogens is 355 g/mol. The van der Waals surface area contributed by atoms with E-state index in [0.717, 1.165) is 12.4 Å². The van der Waals surface area contributed by atoms with Crippen molar-refractivity contribution >= 4 is 23.3 Å². The topological polar surface area (TPSA) is 104 Å². The van der Waals surface area contributed by atoms with Crippen molar-refractivity contribution in [3.8, 4) is 0 Å². The van der Waals surface area contributed by atoms with Gasteiger partial charge in [0.2, 0.25) is 0 Å². The van der Waals surface area contributed by atoms with Crippen molar-refractivity contribution in [3.63, 3.8) is 0 Å². The second kappa shape index (κ2) is 7.48. The van der Waals surface area contributed by atoms with Crippen molar-refractivity contribution in [2.24, 2.45) is 0 Å². The first-order chi connectivity index (χ1) is 12.9. The molecule has 0 unspecified atom stereocenters. The summed E-state index contributed by atoms with van der Waals surface area (Å²) in [5.74, 6) is -2.25. The molecule has 2 heterocycles. The zero-order chi connectivity index (χ0) is 19.6. The van der Waals surface area contributed by atoms with Gasteiger partial charge in [-0.15, -0.1) is 0 Å². The second-order valence-corrected chi connectivity index (χ2v) is 6.09. The van der Waals surface area contributed by atoms with Gasteiger partial charge >= 0.3 is 5.97 Å². The molecule has 0 bridgehead atoms. The van der Waals surface area contributed by atoms with Crippen LogP contribution in [0.4, 0.5) is 10.1 Å². The molecule has 0 saturated carbocycles. The fraction of sp³-hybridized carbons (Fsp3) is 0.278. The Bertz CT molecular complexity index is 893. The number of amides is 1. The molecule has 1 saturated heterocycles. The van der Waals surface area contributed by atoms with E-state index in [9.17, 15) is 18.8 Å². The van der Waals surface area contributed by atoms with Crippen LogP contribution in [0.3, 0.4) is 0 Å². The maximum atomic E-state index is 14.3. The van der Waals surface area contributed by atoms with Crippen molar-refractivity contribution in [3.05, 3.63) is 53.4 Å². The normalized spacial score (nSPS) is 14.1. The van der Waals surface area contributed by atoms with Gasteiger partial charge in [0.1, 0.15) is 11.5 Å². The Hall–Kier alpha value is -3.36. The third kappa shape index (κ3) is 3.91. The minimum absolute atomic E-state index is 0.0606. The number of hydrogen-bond donors (Lipinski definition) is 1. The number of Topliss-reactive ketones (excluding diaryl/α,β-unsaturated/α-hetero) is 1. The highest BCUT2D eigenvalue weighted by Crippen LogP contribution is 2.22. The molecule has 1 fully saturated rings. The summed E-state index contributed by atoms with van der Waals surface area (Å²) in [6.07, 6.45) is 2.18. The quantitative estimate of drug-likeness (QED) is 0.811. The van der Waals surface area contributed by atoms with Gasteiger partial charge in [-0.05, 0) is 25.1 Å². The number of carbonyl (C=O) groups is 3. The van der Waals surface area contributed by atoms with E-state index in [1.54, 1.807) is 17.0 Å². The Labute approximate surface area is 154 Å². The smallest absolute Gasteiger partial charge is 0.356 e. The summed E-state index contributed by atoms with van der Waals surface area (Å²) in [7, 11) is 0. The largest absolute Gasteiger partial charge is 0.476 e. The summed E-state index contributed by atoms with van der Waals surface area (Å²) in [6, 6.07) is 4.37. The van der Waals surface area contributed by atoms with Crippen LogP contribution in [-0.2, 0) is 0 Å². The van der Waals surface area contributed by atoms with Crippen molar-refractivity contribution in [1.29, 1.82) is 0 Å². The Kier molecular flexibility index (Phi) is 5.11. The van der Waals surface area contributed by atoms with Crippen LogP contribution in [0.25, 0.3) is 0 Å². The summed E-state index contributed by atoms with van der Waals surface area (Å²) in [4.78, 5) is 45.5. The number of nitrogens with zero attached hydrogens (tertiary/aromatic N) is 4. The fourth-order valence-electron chi connectivity index (χ4n) is 2.84. The standard InChI is InChI=1S/C18H17FN4O4/c1-11(24)12-2-3-16(13(19)8-12)22-4-6-23(7-5-22)17(25)14-9-21-15(10-20-14)18(26)27/h2-3,8-10H,4-7H2,1H3,(H,26,27). The second-order valence-electron chi connectivity index (χ2n) is 6.09. The summed E-state index contributed by atoms with van der Waals surface area (Å²) >= 11 is 0. The minimum atomic E-state index is -1.21. The number of carboxylic acid groups (broad SMARTS) is 1. The van der Waals surface area contributed by atoms with Crippen molar-refractivity contribution in [1.82, 2.24) is 14.9 Å². The van der Waals surface area contributed by atoms with E-state index in [2.05, 4.69) is 9.97 Å². The number of benzene rings is 1. The Morgan fingerprint density at radius 2 is 1.67 bits per heavy atom. The zero-order valence-electron chi connectivity index (χ0n) is 14.6. The predicted molar refractivity (Wildman–Crippen MR) is 93.5 cm³/mol. The van der Waals surface area contributed by atoms with E-state index in [1.165, 1.54) is 13.0 Å². The number of aromatic carboxylic acids is 1. The van der Waals surface area contributed by atoms with Gasteiger partial charge < -0.3 is 14.9 Å². The van der Waals surface area contributed by atoms with Gasteiger partial charge in [-0.3, -0.25) is 9.59 Å². The SMILES string of the molecule is CC(=O)c1ccc(N2CCN(C(=O)c3cnc(C(=O)O)cn3)CC2)c(F)c1. The molecule has 8 nitrogen and oxygen atoms in total. The predicted octanol–water partition coefficient (Wildman–Crippen LogP) is 1.48. The lowest BCUT2D eigenvalue weighted by Crippen LogP contribution is -2.49. The molecule has 9 heteroatoms. The van der Waals surface area contributed by atoms with Crippen LogP contribution in [0.5, 0.6) is 0 Å². The Balaban J connectivity index is 1.65. The number of piperazine rings is 1. The highest BCUT2D eigenvalue weighted by molar-refractivity contribution is 5.94. The van der Waals surface area contributed by atoms with E-state index in [0.29, 0.717) is 37.4 Å². The first-order valence-corrected chi connectivity index (χ1v) is 8.27. The summed E-state index contributed by atoms with van der Waals surface area (Å²) in [5.41, 5.74) is 0.525. The summed E-state index contributed by atoms with van der Waals surface area (Å²) < 4.78 is 14.3. The highest BCUT2D eigenvalue weighted by atomic mass is 19.1. The van der Waals surface area contributed by atoms with Crippen molar-refractivity contribution < 1.29 is 23.9 Å². The Morgan fingerprint density at radius 1 is 1.04 bits per heavy atom. The monoisotopic (exact) mass is 372 g/mol. The number of carbonyl (C=O) groups excluding carboxylic acids is 2. The van der Waals surface area contributed by atoms with E-state index in [1.807, 2.05) is 4.90 Å². The van der Waals surface area contributed by atoms with Crippen molar-refractivity contribution in [2.45, 2.75) is 6.92 Å². The molecule has 3 rings (SSSR count). The van der Waals surface area contributed by atoms with Crippen LogP contribution in [-0.4, -0.2) is 63.8 Å². The van der Waals surface area contributed by atoms with Gasteiger partial charge in [0.25, 0.3) is 5.91 Å². The number of carboxylic acids is 1. The van der Waals surface area contributed by atoms with E-state index in [4.69, 9.17) is 5.11 Å². The van der Waals surface area contributed by atoms with Gasteiger partial charge in [0, 0.05) is 31.7 Å². The third-order valence-electron chi connectivity index (χ3n) is 4.35. The average molecular weight is 372 g/mol. The molecule has 1 amide bonds. The van der Waals surface area contributed by atoms with Gasteiger partial charge in [0.05, 0.1) is 18.1 Å². The zero-order valence-corrected chi connectivity index (χ0v) is 14.6. The van der Waals surface area contributed by atoms with Crippen LogP contribution >= 0.6 is 0 Å². The van der Waals surface area contributed by atoms with Gasteiger partial charge in [-0.2, -0.15) is 0 Å². The first kappa shape index (κ1) is 18.4. The molecule has 140 valence electrons. The van der Waals surface area contributed by atoms with Crippen LogP contribution < -0.4 is 4.90 Å². The lowest BCUT2D eigenvalue weighted by atomic mass is 10.1. The maximum Gasteiger partial charge on any atom is 0.356 e. The minimum Gasteiger partial charge on any atom is -0.476 e. The van der Waals surface area contributed by atoms with Gasteiger partial charge in [0.15, 0.2) is 11.5 Å². The first-order valence-electron chi connectivity index (χ1n) is 8.27. The molecule has 1 N–H and O–H groups in total. The van der Waals surface area contributed by atoms with E-state index < -0.39 is 11.8 Å². The van der Waals surface area contributed by atoms with Crippen LogP contribution in [0.2, 0.25) is 0 Å². The number of rotatable bonds is 4. The highest BCUT2D eigenvalue weighted by Gasteiger charge is 2.25. The molecule has 0 atom stereocenters. The number of aromatic nitrogens is 2. The maximum absolute atomic E-state index is 14.3. The molecule has 27 heavy (non-hydrogen) atoms. The number of halogens is 1. The van der Waals surface area contributed by atoms with Crippen LogP contribution in [0.15, 0.2) is 30.6 Å². The fourth-order valence-corrected chi connectivity index (χ4v) is 2.84. The van der Waals surface area contributed by atoms with Crippen LogP contribution in [0.1, 0.15) is 38.3 Å². The number of ketones is 1. The molecule has 1 aromatic carbocycles. The van der Waals surface area contributed by atoms with Crippen molar-refractivity contribution in [2.75, 3.05) is 31.1 Å². The molecule has 0 spiro atoms. The molecule has 0 radical (unpaired) electrons.